The maximum atomic E-state index is 12.5. The van der Waals surface area contributed by atoms with Gasteiger partial charge in [-0.3, -0.25) is 4.79 Å². The molecule has 0 saturated carbocycles. The number of furan rings is 1. The van der Waals surface area contributed by atoms with Crippen LogP contribution in [0.5, 0.6) is 0 Å². The lowest BCUT2D eigenvalue weighted by molar-refractivity contribution is 0.0948. The molecule has 7 nitrogen and oxygen atoms in total. The summed E-state index contributed by atoms with van der Waals surface area (Å²) in [6.07, 6.45) is 2.48. The first kappa shape index (κ1) is 22.4. The lowest BCUT2D eigenvalue weighted by Crippen LogP contribution is -2.44. The lowest BCUT2D eigenvalue weighted by Gasteiger charge is -2.33. The van der Waals surface area contributed by atoms with Crippen LogP contribution in [0.15, 0.2) is 58.3 Å². The fourth-order valence-corrected chi connectivity index (χ4v) is 4.35. The number of nitrogens with zero attached hydrogens (tertiary/aromatic N) is 4. The highest BCUT2D eigenvalue weighted by atomic mass is 32.2. The van der Waals surface area contributed by atoms with E-state index in [0.717, 1.165) is 60.6 Å². The van der Waals surface area contributed by atoms with Gasteiger partial charge in [0.15, 0.2) is 5.16 Å². The maximum Gasteiger partial charge on any atom is 0.251 e. The van der Waals surface area contributed by atoms with Crippen LogP contribution in [0.2, 0.25) is 0 Å². The molecule has 1 aromatic carbocycles. The molecule has 8 heteroatoms. The van der Waals surface area contributed by atoms with E-state index in [4.69, 9.17) is 14.4 Å². The average Bonchev–Trinajstić information content (AvgIpc) is 3.35. The molecule has 0 aliphatic carbocycles. The van der Waals surface area contributed by atoms with Gasteiger partial charge in [-0.05, 0) is 43.3 Å². The van der Waals surface area contributed by atoms with Crippen molar-refractivity contribution in [1.82, 2.24) is 20.2 Å². The van der Waals surface area contributed by atoms with Crippen molar-refractivity contribution in [3.8, 4) is 0 Å². The highest BCUT2D eigenvalue weighted by Crippen LogP contribution is 2.24. The van der Waals surface area contributed by atoms with Crippen LogP contribution >= 0.6 is 11.8 Å². The van der Waals surface area contributed by atoms with E-state index in [0.29, 0.717) is 17.9 Å². The van der Waals surface area contributed by atoms with Crippen molar-refractivity contribution in [3.05, 3.63) is 71.3 Å². The number of amides is 1. The maximum absolute atomic E-state index is 12.5. The number of nitrogens with one attached hydrogen (secondary N) is 1. The zero-order valence-electron chi connectivity index (χ0n) is 18.6. The normalized spacial score (nSPS) is 14.5. The molecule has 0 spiro atoms. The fraction of sp³-hybridized carbons (Fsp3) is 0.375. The molecule has 0 unspecified atom stereocenters. The van der Waals surface area contributed by atoms with Gasteiger partial charge in [0.2, 0.25) is 0 Å². The number of aromatic nitrogens is 2. The number of carbonyl (C=O) groups is 1. The minimum Gasteiger partial charge on any atom is -0.467 e. The van der Waals surface area contributed by atoms with Gasteiger partial charge in [-0.2, -0.15) is 0 Å². The molecular weight excluding hydrogens is 422 g/mol. The van der Waals surface area contributed by atoms with Crippen molar-refractivity contribution in [2.24, 2.45) is 0 Å². The molecule has 1 amide bonds. The van der Waals surface area contributed by atoms with Crippen molar-refractivity contribution in [1.29, 1.82) is 0 Å². The van der Waals surface area contributed by atoms with E-state index in [1.165, 1.54) is 0 Å². The Labute approximate surface area is 193 Å². The number of benzene rings is 1. The summed E-state index contributed by atoms with van der Waals surface area (Å²) < 4.78 is 5.27. The van der Waals surface area contributed by atoms with Crippen LogP contribution in [0.4, 0.5) is 5.82 Å². The number of likely N-dealkylation sites (N-methyl/N-ethyl adjacent to an activating group) is 1. The van der Waals surface area contributed by atoms with E-state index in [1.54, 1.807) is 18.0 Å². The molecule has 0 radical (unpaired) electrons. The molecular formula is C24H29N5O2S. The van der Waals surface area contributed by atoms with Crippen molar-refractivity contribution in [2.75, 3.05) is 38.1 Å². The van der Waals surface area contributed by atoms with Gasteiger partial charge < -0.3 is 19.5 Å². The van der Waals surface area contributed by atoms with Crippen LogP contribution in [-0.4, -0.2) is 54.0 Å². The number of hydrogen-bond acceptors (Lipinski definition) is 7. The fourth-order valence-electron chi connectivity index (χ4n) is 3.54. The Morgan fingerprint density at radius 1 is 1.12 bits per heavy atom. The number of thioether (sulfide) groups is 1. The molecule has 2 aromatic heterocycles. The second-order valence-electron chi connectivity index (χ2n) is 7.90. The van der Waals surface area contributed by atoms with Crippen LogP contribution in [0, 0.1) is 0 Å². The zero-order chi connectivity index (χ0) is 22.3. The summed E-state index contributed by atoms with van der Waals surface area (Å²) in [7, 11) is 2.15. The highest BCUT2D eigenvalue weighted by Gasteiger charge is 2.17. The van der Waals surface area contributed by atoms with E-state index in [2.05, 4.69) is 35.2 Å². The summed E-state index contributed by atoms with van der Waals surface area (Å²) in [4.78, 5) is 26.7. The van der Waals surface area contributed by atoms with Gasteiger partial charge in [-0.15, -0.1) is 0 Å². The molecule has 1 fully saturated rings. The molecule has 0 bridgehead atoms. The Morgan fingerprint density at radius 3 is 2.72 bits per heavy atom. The molecule has 1 N–H and O–H groups in total. The third-order valence-corrected chi connectivity index (χ3v) is 6.41. The quantitative estimate of drug-likeness (QED) is 0.414. The molecule has 0 atom stereocenters. The lowest BCUT2D eigenvalue weighted by atomic mass is 10.1. The molecule has 3 aromatic rings. The third-order valence-electron chi connectivity index (χ3n) is 5.50. The predicted octanol–water partition coefficient (Wildman–Crippen LogP) is 3.61. The molecule has 32 heavy (non-hydrogen) atoms. The van der Waals surface area contributed by atoms with Crippen molar-refractivity contribution in [2.45, 2.75) is 30.8 Å². The van der Waals surface area contributed by atoms with E-state index >= 15 is 0 Å². The molecule has 1 aliphatic heterocycles. The van der Waals surface area contributed by atoms with Gasteiger partial charge in [0.25, 0.3) is 5.91 Å². The van der Waals surface area contributed by atoms with Gasteiger partial charge in [-0.1, -0.05) is 30.8 Å². The van der Waals surface area contributed by atoms with E-state index < -0.39 is 0 Å². The number of rotatable bonds is 8. The Balaban J connectivity index is 1.40. The number of carbonyl (C=O) groups excluding carboxylic acids is 1. The topological polar surface area (TPSA) is 74.5 Å². The first-order valence-corrected chi connectivity index (χ1v) is 11.9. The van der Waals surface area contributed by atoms with Crippen molar-refractivity contribution < 1.29 is 9.21 Å². The van der Waals surface area contributed by atoms with Gasteiger partial charge in [0.1, 0.15) is 11.6 Å². The number of piperazine rings is 1. The van der Waals surface area contributed by atoms with E-state index in [9.17, 15) is 4.79 Å². The average molecular weight is 452 g/mol. The summed E-state index contributed by atoms with van der Waals surface area (Å²) in [5.41, 5.74) is 2.76. The molecule has 4 rings (SSSR count). The number of hydrogen-bond donors (Lipinski definition) is 1. The molecule has 3 heterocycles. The van der Waals surface area contributed by atoms with Gasteiger partial charge in [0, 0.05) is 49.3 Å². The van der Waals surface area contributed by atoms with Gasteiger partial charge in [0.05, 0.1) is 12.8 Å². The second kappa shape index (κ2) is 10.7. The third kappa shape index (κ3) is 5.89. The molecule has 1 saturated heterocycles. The standard InChI is InChI=1S/C24H29N5O2S/c1-3-20-15-22(29-11-9-28(2)10-12-29)27-24(26-20)32-17-18-6-4-7-19(14-18)23(30)25-16-21-8-5-13-31-21/h4-8,13-15H,3,9-12,16-17H2,1-2H3,(H,25,30). The summed E-state index contributed by atoms with van der Waals surface area (Å²) in [5, 5.41) is 3.67. The number of anilines is 1. The first-order valence-electron chi connectivity index (χ1n) is 10.9. The number of aryl methyl sites for hydroxylation is 1. The summed E-state index contributed by atoms with van der Waals surface area (Å²) in [6, 6.07) is 13.5. The summed E-state index contributed by atoms with van der Waals surface area (Å²) in [5.74, 6) is 2.33. The van der Waals surface area contributed by atoms with Crippen LogP contribution in [0.3, 0.4) is 0 Å². The van der Waals surface area contributed by atoms with Crippen molar-refractivity contribution >= 4 is 23.5 Å². The van der Waals surface area contributed by atoms with Gasteiger partial charge in [-0.25, -0.2) is 9.97 Å². The second-order valence-corrected chi connectivity index (χ2v) is 8.84. The van der Waals surface area contributed by atoms with E-state index in [-0.39, 0.29) is 5.91 Å². The minimum absolute atomic E-state index is 0.116. The Bertz CT molecular complexity index is 1030. The Kier molecular flexibility index (Phi) is 7.44. The first-order chi connectivity index (χ1) is 15.6. The van der Waals surface area contributed by atoms with E-state index in [1.807, 2.05) is 36.4 Å². The van der Waals surface area contributed by atoms with Crippen LogP contribution in [-0.2, 0) is 18.7 Å². The summed E-state index contributed by atoms with van der Waals surface area (Å²) >= 11 is 1.61. The van der Waals surface area contributed by atoms with Crippen LogP contribution in [0.1, 0.15) is 34.3 Å². The largest absolute Gasteiger partial charge is 0.467 e. The van der Waals surface area contributed by atoms with Gasteiger partial charge >= 0.3 is 0 Å². The zero-order valence-corrected chi connectivity index (χ0v) is 19.4. The molecule has 168 valence electrons. The summed E-state index contributed by atoms with van der Waals surface area (Å²) in [6.45, 7) is 6.55. The smallest absolute Gasteiger partial charge is 0.251 e. The van der Waals surface area contributed by atoms with Crippen molar-refractivity contribution in [3.63, 3.8) is 0 Å². The monoisotopic (exact) mass is 451 g/mol. The minimum atomic E-state index is -0.116. The van der Waals surface area contributed by atoms with Crippen LogP contribution in [0.25, 0.3) is 0 Å². The predicted molar refractivity (Wildman–Crippen MR) is 127 cm³/mol. The Hall–Kier alpha value is -2.84. The van der Waals surface area contributed by atoms with Crippen LogP contribution < -0.4 is 10.2 Å². The molecule has 1 aliphatic rings. The highest BCUT2D eigenvalue weighted by molar-refractivity contribution is 7.98. The Morgan fingerprint density at radius 2 is 1.97 bits per heavy atom. The SMILES string of the molecule is CCc1cc(N2CCN(C)CC2)nc(SCc2cccc(C(=O)NCc3ccco3)c2)n1.